The van der Waals surface area contributed by atoms with Gasteiger partial charge in [0.2, 0.25) is 0 Å². The molecule has 1 aliphatic heterocycles. The molecule has 0 atom stereocenters. The van der Waals surface area contributed by atoms with Crippen molar-refractivity contribution in [1.82, 2.24) is 9.38 Å². The van der Waals surface area contributed by atoms with Crippen LogP contribution in [0.5, 0.6) is 0 Å². The minimum absolute atomic E-state index is 0.228. The van der Waals surface area contributed by atoms with E-state index in [1.807, 2.05) is 42.5 Å². The number of anilines is 2. The number of pyridine rings is 1. The average molecular weight is 446 g/mol. The minimum atomic E-state index is -0.228. The van der Waals surface area contributed by atoms with Gasteiger partial charge in [0, 0.05) is 25.0 Å². The van der Waals surface area contributed by atoms with E-state index >= 15 is 0 Å². The van der Waals surface area contributed by atoms with Crippen LogP contribution >= 0.6 is 11.6 Å². The van der Waals surface area contributed by atoms with E-state index in [4.69, 9.17) is 16.3 Å². The third kappa shape index (κ3) is 3.34. The number of ether oxygens (including phenoxy) is 1. The van der Waals surface area contributed by atoms with Crippen molar-refractivity contribution in [1.29, 1.82) is 5.26 Å². The number of hydrogen-bond donors (Lipinski definition) is 1. The van der Waals surface area contributed by atoms with Crippen molar-refractivity contribution in [3.8, 4) is 6.07 Å². The summed E-state index contributed by atoms with van der Waals surface area (Å²) in [6, 6.07) is 15.3. The Labute approximate surface area is 189 Å². The summed E-state index contributed by atoms with van der Waals surface area (Å²) in [7, 11) is 0. The molecule has 0 bridgehead atoms. The molecule has 0 aliphatic carbocycles. The first kappa shape index (κ1) is 20.3. The summed E-state index contributed by atoms with van der Waals surface area (Å²) < 4.78 is 6.91. The van der Waals surface area contributed by atoms with Crippen LogP contribution in [-0.2, 0) is 4.74 Å². The Kier molecular flexibility index (Phi) is 5.17. The van der Waals surface area contributed by atoms with Gasteiger partial charge >= 0.3 is 0 Å². The molecule has 1 aliphatic rings. The number of para-hydroxylation sites is 2. The topological polar surface area (TPSA) is 82.7 Å². The molecule has 0 amide bonds. The molecule has 0 spiro atoms. The molecule has 0 saturated carbocycles. The summed E-state index contributed by atoms with van der Waals surface area (Å²) in [6.07, 6.45) is 1.63. The van der Waals surface area contributed by atoms with Crippen molar-refractivity contribution in [2.75, 3.05) is 36.5 Å². The summed E-state index contributed by atoms with van der Waals surface area (Å²) in [5.74, 6) is 0. The van der Waals surface area contributed by atoms with Gasteiger partial charge in [0.05, 0.1) is 45.7 Å². The molecular weight excluding hydrogens is 426 g/mol. The first-order valence-corrected chi connectivity index (χ1v) is 10.7. The van der Waals surface area contributed by atoms with E-state index < -0.39 is 0 Å². The fraction of sp³-hybridized carbons (Fsp3) is 0.208. The van der Waals surface area contributed by atoms with Crippen molar-refractivity contribution in [3.05, 3.63) is 74.2 Å². The molecule has 8 heteroatoms. The number of halogens is 1. The molecule has 0 radical (unpaired) electrons. The van der Waals surface area contributed by atoms with Gasteiger partial charge in [-0.25, -0.2) is 4.98 Å². The molecule has 3 heterocycles. The Bertz CT molecular complexity index is 1500. The zero-order valence-electron chi connectivity index (χ0n) is 17.4. The second kappa shape index (κ2) is 8.15. The Morgan fingerprint density at radius 1 is 1.22 bits per heavy atom. The highest BCUT2D eigenvalue weighted by atomic mass is 35.5. The van der Waals surface area contributed by atoms with E-state index in [1.54, 1.807) is 13.1 Å². The Morgan fingerprint density at radius 2 is 2.00 bits per heavy atom. The van der Waals surface area contributed by atoms with Gasteiger partial charge in [-0.3, -0.25) is 9.20 Å². The van der Waals surface area contributed by atoms with E-state index in [2.05, 4.69) is 21.3 Å². The van der Waals surface area contributed by atoms with Gasteiger partial charge in [-0.1, -0.05) is 23.7 Å². The highest BCUT2D eigenvalue weighted by Crippen LogP contribution is 2.29. The second-order valence-electron chi connectivity index (χ2n) is 7.64. The van der Waals surface area contributed by atoms with Crippen LogP contribution in [0.15, 0.2) is 47.3 Å². The van der Waals surface area contributed by atoms with E-state index in [9.17, 15) is 10.1 Å². The van der Waals surface area contributed by atoms with Crippen LogP contribution in [0.1, 0.15) is 11.1 Å². The summed E-state index contributed by atoms with van der Waals surface area (Å²) in [6.45, 7) is 4.73. The first-order valence-electron chi connectivity index (χ1n) is 10.3. The quantitative estimate of drug-likeness (QED) is 0.522. The average Bonchev–Trinajstić information content (AvgIpc) is 3.19. The highest BCUT2D eigenvalue weighted by molar-refractivity contribution is 6.33. The number of nitrogens with one attached hydrogen (secondary N) is 1. The number of aromatic nitrogens is 2. The zero-order chi connectivity index (χ0) is 22.2. The third-order valence-electron chi connectivity index (χ3n) is 5.79. The van der Waals surface area contributed by atoms with Crippen LogP contribution in [0.3, 0.4) is 0 Å². The molecule has 0 unspecified atom stereocenters. The lowest BCUT2D eigenvalue weighted by Gasteiger charge is -2.29. The Hall–Kier alpha value is -3.60. The number of rotatable bonds is 3. The van der Waals surface area contributed by atoms with Crippen LogP contribution in [-0.4, -0.2) is 35.7 Å². The smallest absolute Gasteiger partial charge is 0.265 e. The zero-order valence-corrected chi connectivity index (χ0v) is 18.2. The minimum Gasteiger partial charge on any atom is -0.378 e. The summed E-state index contributed by atoms with van der Waals surface area (Å²) in [4.78, 5) is 20.0. The molecule has 1 fully saturated rings. The lowest BCUT2D eigenvalue weighted by Crippen LogP contribution is -2.36. The van der Waals surface area contributed by atoms with Gasteiger partial charge < -0.3 is 15.0 Å². The molecular formula is C24H20ClN5O2. The molecule has 4 aromatic rings. The maximum absolute atomic E-state index is 13.3. The van der Waals surface area contributed by atoms with Crippen LogP contribution in [0, 0.1) is 18.3 Å². The van der Waals surface area contributed by atoms with Gasteiger partial charge in [0.25, 0.3) is 5.56 Å². The monoisotopic (exact) mass is 445 g/mol. The number of morpholine rings is 1. The van der Waals surface area contributed by atoms with Gasteiger partial charge in [0.1, 0.15) is 6.07 Å². The number of fused-ring (bicyclic) bond motifs is 3. The lowest BCUT2D eigenvalue weighted by atomic mass is 10.1. The largest absolute Gasteiger partial charge is 0.378 e. The molecule has 32 heavy (non-hydrogen) atoms. The van der Waals surface area contributed by atoms with Crippen molar-refractivity contribution >= 4 is 45.9 Å². The number of nitriles is 1. The molecule has 1 N–H and O–H groups in total. The van der Waals surface area contributed by atoms with Gasteiger partial charge in [-0.05, 0) is 42.8 Å². The molecule has 1 saturated heterocycles. The van der Waals surface area contributed by atoms with Crippen molar-refractivity contribution in [2.24, 2.45) is 0 Å². The predicted octanol–water partition coefficient (Wildman–Crippen LogP) is 3.09. The highest BCUT2D eigenvalue weighted by Gasteiger charge is 2.17. The first-order chi connectivity index (χ1) is 15.6. The SMILES string of the molecule is Cc1c(C#N)c2nc3ccccc3n2c(=O)/c1=C\Nc1ccc(N2CCOCC2)c(Cl)c1. The van der Waals surface area contributed by atoms with Crippen LogP contribution < -0.4 is 21.0 Å². The van der Waals surface area contributed by atoms with Crippen LogP contribution in [0.25, 0.3) is 22.9 Å². The molecule has 160 valence electrons. The predicted molar refractivity (Wildman–Crippen MR) is 126 cm³/mol. The van der Waals surface area contributed by atoms with E-state index in [0.717, 1.165) is 24.5 Å². The van der Waals surface area contributed by atoms with Crippen LogP contribution in [0.4, 0.5) is 11.4 Å². The van der Waals surface area contributed by atoms with Crippen molar-refractivity contribution in [2.45, 2.75) is 6.92 Å². The fourth-order valence-electron chi connectivity index (χ4n) is 4.10. The summed E-state index contributed by atoms with van der Waals surface area (Å²) >= 11 is 6.53. The number of imidazole rings is 1. The van der Waals surface area contributed by atoms with Gasteiger partial charge in [-0.15, -0.1) is 0 Å². The fourth-order valence-corrected chi connectivity index (χ4v) is 4.40. The van der Waals surface area contributed by atoms with Gasteiger partial charge in [0.15, 0.2) is 5.65 Å². The van der Waals surface area contributed by atoms with Crippen molar-refractivity contribution in [3.63, 3.8) is 0 Å². The maximum Gasteiger partial charge on any atom is 0.265 e. The normalized spacial score (nSPS) is 14.8. The molecule has 7 nitrogen and oxygen atoms in total. The third-order valence-corrected chi connectivity index (χ3v) is 6.09. The molecule has 2 aromatic carbocycles. The summed E-state index contributed by atoms with van der Waals surface area (Å²) in [5.41, 5.74) is 4.19. The van der Waals surface area contributed by atoms with Crippen LogP contribution in [0.2, 0.25) is 5.02 Å². The number of nitrogens with zero attached hydrogens (tertiary/aromatic N) is 4. The second-order valence-corrected chi connectivity index (χ2v) is 8.05. The maximum atomic E-state index is 13.3. The van der Waals surface area contributed by atoms with Crippen molar-refractivity contribution < 1.29 is 4.74 Å². The molecule has 5 rings (SSSR count). The Balaban J connectivity index is 1.58. The summed E-state index contributed by atoms with van der Waals surface area (Å²) in [5, 5.41) is 14.0. The number of hydrogen-bond acceptors (Lipinski definition) is 6. The van der Waals surface area contributed by atoms with E-state index in [-0.39, 0.29) is 5.56 Å². The molecule has 2 aromatic heterocycles. The number of benzene rings is 2. The lowest BCUT2D eigenvalue weighted by molar-refractivity contribution is 0.122. The standard InChI is InChI=1S/C24H20ClN5O2/c1-15-17(13-26)23-28-20-4-2-3-5-22(20)30(23)24(31)18(15)14-27-16-6-7-21(19(25)12-16)29-8-10-32-11-9-29/h2-7,12,14,27H,8-11H2,1H3/b18-14-. The van der Waals surface area contributed by atoms with Gasteiger partial charge in [-0.2, -0.15) is 5.26 Å². The van der Waals surface area contributed by atoms with E-state index in [1.165, 1.54) is 4.40 Å². The Morgan fingerprint density at radius 3 is 2.75 bits per heavy atom. The van der Waals surface area contributed by atoms with E-state index in [0.29, 0.717) is 51.3 Å².